The summed E-state index contributed by atoms with van der Waals surface area (Å²) in [5.41, 5.74) is 1.57. The van der Waals surface area contributed by atoms with E-state index in [9.17, 15) is 13.2 Å². The van der Waals surface area contributed by atoms with Crippen LogP contribution in [0.15, 0.2) is 30.6 Å². The van der Waals surface area contributed by atoms with Gasteiger partial charge in [0.15, 0.2) is 11.6 Å². The molecule has 0 atom stereocenters. The van der Waals surface area contributed by atoms with E-state index in [2.05, 4.69) is 20.7 Å². The summed E-state index contributed by atoms with van der Waals surface area (Å²) >= 11 is 5.67. The van der Waals surface area contributed by atoms with Gasteiger partial charge in [0, 0.05) is 10.7 Å². The Labute approximate surface area is 117 Å². The quantitative estimate of drug-likeness (QED) is 0.600. The minimum Gasteiger partial charge on any atom is -0.339 e. The van der Waals surface area contributed by atoms with Crippen molar-refractivity contribution < 1.29 is 13.2 Å². The number of hydrogen-bond donors (Lipinski definition) is 3. The fourth-order valence-corrected chi connectivity index (χ4v) is 1.70. The molecule has 0 saturated heterocycles. The molecule has 1 aromatic carbocycles. The molecule has 1 heterocycles. The van der Waals surface area contributed by atoms with Crippen molar-refractivity contribution in [2.24, 2.45) is 5.84 Å². The molecule has 0 aliphatic carbocycles. The number of benzene rings is 1. The maximum absolute atomic E-state index is 12.7. The second-order valence-electron chi connectivity index (χ2n) is 3.79. The molecule has 0 aliphatic heterocycles. The minimum absolute atomic E-state index is 0.0385. The van der Waals surface area contributed by atoms with E-state index in [1.54, 1.807) is 0 Å². The van der Waals surface area contributed by atoms with Crippen LogP contribution in [0.3, 0.4) is 0 Å². The Morgan fingerprint density at radius 3 is 2.45 bits per heavy atom. The van der Waals surface area contributed by atoms with Gasteiger partial charge in [0.25, 0.3) is 0 Å². The van der Waals surface area contributed by atoms with Gasteiger partial charge in [-0.2, -0.15) is 13.2 Å². The fraction of sp³-hybridized carbons (Fsp3) is 0.0909. The Hall–Kier alpha value is -2.06. The zero-order chi connectivity index (χ0) is 14.8. The first kappa shape index (κ1) is 14.4. The molecular formula is C11H9ClF3N5. The number of nitrogens with zero attached hydrogens (tertiary/aromatic N) is 2. The van der Waals surface area contributed by atoms with Gasteiger partial charge in [-0.05, 0) is 18.2 Å². The first-order valence-corrected chi connectivity index (χ1v) is 5.70. The van der Waals surface area contributed by atoms with Crippen molar-refractivity contribution in [3.63, 3.8) is 0 Å². The number of halogens is 4. The predicted octanol–water partition coefficient (Wildman–Crippen LogP) is 3.18. The smallest absolute Gasteiger partial charge is 0.339 e. The van der Waals surface area contributed by atoms with E-state index in [1.165, 1.54) is 18.5 Å². The summed E-state index contributed by atoms with van der Waals surface area (Å²) in [6.07, 6.45) is -1.77. The van der Waals surface area contributed by atoms with E-state index >= 15 is 0 Å². The van der Waals surface area contributed by atoms with Gasteiger partial charge in [-0.25, -0.2) is 10.8 Å². The average molecular weight is 304 g/mol. The third-order valence-electron chi connectivity index (χ3n) is 2.28. The maximum Gasteiger partial charge on any atom is 0.416 e. The number of nitrogens with one attached hydrogen (secondary N) is 2. The molecule has 0 bridgehead atoms. The molecule has 0 radical (unpaired) electrons. The van der Waals surface area contributed by atoms with Crippen LogP contribution in [-0.2, 0) is 6.18 Å². The van der Waals surface area contributed by atoms with Crippen LogP contribution in [0.5, 0.6) is 0 Å². The van der Waals surface area contributed by atoms with Gasteiger partial charge in [0.1, 0.15) is 0 Å². The van der Waals surface area contributed by atoms with Gasteiger partial charge in [-0.1, -0.05) is 11.6 Å². The molecule has 0 amide bonds. The summed E-state index contributed by atoms with van der Waals surface area (Å²) < 4.78 is 38.0. The highest BCUT2D eigenvalue weighted by atomic mass is 35.5. The molecule has 0 spiro atoms. The van der Waals surface area contributed by atoms with E-state index in [1.807, 2.05) is 0 Å². The van der Waals surface area contributed by atoms with Gasteiger partial charge >= 0.3 is 6.18 Å². The van der Waals surface area contributed by atoms with Crippen LogP contribution in [0, 0.1) is 0 Å². The lowest BCUT2D eigenvalue weighted by Crippen LogP contribution is -2.10. The van der Waals surface area contributed by atoms with Crippen LogP contribution < -0.4 is 16.6 Å². The van der Waals surface area contributed by atoms with Crippen molar-refractivity contribution in [1.82, 2.24) is 9.97 Å². The number of hydrogen-bond acceptors (Lipinski definition) is 5. The van der Waals surface area contributed by atoms with Crippen LogP contribution in [0.4, 0.5) is 30.5 Å². The molecule has 5 nitrogen and oxygen atoms in total. The lowest BCUT2D eigenvalue weighted by molar-refractivity contribution is -0.137. The summed E-state index contributed by atoms with van der Waals surface area (Å²) in [4.78, 5) is 7.80. The number of hydrazine groups is 1. The lowest BCUT2D eigenvalue weighted by atomic mass is 10.2. The van der Waals surface area contributed by atoms with Crippen LogP contribution in [0.25, 0.3) is 0 Å². The summed E-state index contributed by atoms with van der Waals surface area (Å²) in [6, 6.07) is 3.12. The molecule has 2 rings (SSSR count). The second-order valence-corrected chi connectivity index (χ2v) is 4.22. The zero-order valence-electron chi connectivity index (χ0n) is 9.87. The number of anilines is 3. The van der Waals surface area contributed by atoms with Crippen LogP contribution in [-0.4, -0.2) is 9.97 Å². The topological polar surface area (TPSA) is 75.9 Å². The molecule has 0 saturated carbocycles. The molecular weight excluding hydrogens is 295 g/mol. The number of alkyl halides is 3. The maximum atomic E-state index is 12.7. The molecule has 106 valence electrons. The van der Waals surface area contributed by atoms with Gasteiger partial charge in [0.05, 0.1) is 18.0 Å². The molecule has 0 aliphatic rings. The summed E-state index contributed by atoms with van der Waals surface area (Å²) in [6.45, 7) is 0. The molecule has 4 N–H and O–H groups in total. The number of aromatic nitrogens is 2. The third kappa shape index (κ3) is 3.49. The number of nitrogens with two attached hydrogens (primary N) is 1. The van der Waals surface area contributed by atoms with E-state index < -0.39 is 11.7 Å². The Kier molecular flexibility index (Phi) is 3.96. The highest BCUT2D eigenvalue weighted by Crippen LogP contribution is 2.33. The van der Waals surface area contributed by atoms with Crippen molar-refractivity contribution in [1.29, 1.82) is 0 Å². The van der Waals surface area contributed by atoms with E-state index in [0.717, 1.165) is 12.1 Å². The monoisotopic (exact) mass is 303 g/mol. The van der Waals surface area contributed by atoms with Gasteiger partial charge in [-0.3, -0.25) is 4.98 Å². The Balaban J connectivity index is 2.31. The molecule has 1 aromatic heterocycles. The first-order chi connectivity index (χ1) is 9.38. The molecule has 0 unspecified atom stereocenters. The standard InChI is InChI=1S/C11H9ClF3N5/c12-7-1-6(11(13,14)15)2-8(3-7)18-9-4-17-5-10(19-9)20-16/h1-5H,16H2,(H2,18,19,20). The zero-order valence-corrected chi connectivity index (χ0v) is 10.6. The van der Waals surface area contributed by atoms with E-state index in [-0.39, 0.29) is 22.3 Å². The van der Waals surface area contributed by atoms with Crippen LogP contribution >= 0.6 is 11.6 Å². The van der Waals surface area contributed by atoms with Crippen molar-refractivity contribution in [2.75, 3.05) is 10.7 Å². The fourth-order valence-electron chi connectivity index (χ4n) is 1.47. The predicted molar refractivity (Wildman–Crippen MR) is 69.6 cm³/mol. The SMILES string of the molecule is NNc1cncc(Nc2cc(Cl)cc(C(F)(F)F)c2)n1. The van der Waals surface area contributed by atoms with Crippen molar-refractivity contribution in [2.45, 2.75) is 6.18 Å². The molecule has 9 heteroatoms. The summed E-state index contributed by atoms with van der Waals surface area (Å²) in [7, 11) is 0. The number of rotatable bonds is 3. The van der Waals surface area contributed by atoms with E-state index in [0.29, 0.717) is 0 Å². The highest BCUT2D eigenvalue weighted by Gasteiger charge is 2.31. The van der Waals surface area contributed by atoms with Crippen molar-refractivity contribution in [3.8, 4) is 0 Å². The largest absolute Gasteiger partial charge is 0.416 e. The van der Waals surface area contributed by atoms with Gasteiger partial charge < -0.3 is 10.7 Å². The molecule has 0 fully saturated rings. The van der Waals surface area contributed by atoms with Crippen molar-refractivity contribution in [3.05, 3.63) is 41.2 Å². The minimum atomic E-state index is -4.48. The summed E-state index contributed by atoms with van der Waals surface area (Å²) in [5, 5.41) is 2.64. The number of nitrogen functional groups attached to an aromatic ring is 1. The average Bonchev–Trinajstić information content (AvgIpc) is 2.37. The van der Waals surface area contributed by atoms with E-state index in [4.69, 9.17) is 17.4 Å². The second kappa shape index (κ2) is 5.51. The molecule has 20 heavy (non-hydrogen) atoms. The summed E-state index contributed by atoms with van der Waals surface area (Å²) in [5.74, 6) is 5.67. The highest BCUT2D eigenvalue weighted by molar-refractivity contribution is 6.31. The van der Waals surface area contributed by atoms with Crippen molar-refractivity contribution >= 4 is 28.9 Å². The molecule has 2 aromatic rings. The Morgan fingerprint density at radius 1 is 1.10 bits per heavy atom. The normalized spacial score (nSPS) is 11.2. The first-order valence-electron chi connectivity index (χ1n) is 5.32. The third-order valence-corrected chi connectivity index (χ3v) is 2.50. The Morgan fingerprint density at radius 2 is 1.80 bits per heavy atom. The van der Waals surface area contributed by atoms with Gasteiger partial charge in [0.2, 0.25) is 0 Å². The van der Waals surface area contributed by atoms with Crippen LogP contribution in [0.1, 0.15) is 5.56 Å². The lowest BCUT2D eigenvalue weighted by Gasteiger charge is -2.11. The van der Waals surface area contributed by atoms with Gasteiger partial charge in [-0.15, -0.1) is 0 Å². The Bertz CT molecular complexity index is 617. The van der Waals surface area contributed by atoms with Crippen LogP contribution in [0.2, 0.25) is 5.02 Å².